The molecule has 2 atom stereocenters. The Balaban J connectivity index is 2.26. The topological polar surface area (TPSA) is 67.6 Å². The van der Waals surface area contributed by atoms with Crippen molar-refractivity contribution in [2.45, 2.75) is 31.8 Å². The first kappa shape index (κ1) is 13.4. The van der Waals surface area contributed by atoms with Crippen LogP contribution in [0.5, 0.6) is 0 Å². The van der Waals surface area contributed by atoms with E-state index in [1.165, 1.54) is 6.42 Å². The highest BCUT2D eigenvalue weighted by Gasteiger charge is 2.24. The fourth-order valence-corrected chi connectivity index (χ4v) is 2.01. The molecule has 0 aromatic rings. The summed E-state index contributed by atoms with van der Waals surface area (Å²) in [5.41, 5.74) is 5.49. The largest absolute Gasteiger partial charge is 0.383 e. The van der Waals surface area contributed by atoms with Gasteiger partial charge in [0.25, 0.3) is 0 Å². The molecule has 0 aliphatic carbocycles. The first-order chi connectivity index (χ1) is 7.65. The van der Waals surface area contributed by atoms with Gasteiger partial charge in [-0.3, -0.25) is 9.69 Å². The Morgan fingerprint density at radius 3 is 3.06 bits per heavy atom. The lowest BCUT2D eigenvalue weighted by Gasteiger charge is -2.24. The summed E-state index contributed by atoms with van der Waals surface area (Å²) in [7, 11) is 1.71. The second-order valence-corrected chi connectivity index (χ2v) is 4.36. The zero-order valence-electron chi connectivity index (χ0n) is 10.2. The Morgan fingerprint density at radius 1 is 1.69 bits per heavy atom. The van der Waals surface area contributed by atoms with Crippen LogP contribution in [-0.4, -0.2) is 56.2 Å². The molecule has 0 radical (unpaired) electrons. The third kappa shape index (κ3) is 4.08. The van der Waals surface area contributed by atoms with Gasteiger partial charge in [-0.15, -0.1) is 0 Å². The van der Waals surface area contributed by atoms with Gasteiger partial charge in [-0.05, 0) is 26.3 Å². The smallest absolute Gasteiger partial charge is 0.236 e. The van der Waals surface area contributed by atoms with Crippen molar-refractivity contribution in [1.82, 2.24) is 10.2 Å². The summed E-state index contributed by atoms with van der Waals surface area (Å²) in [4.78, 5) is 13.7. The van der Waals surface area contributed by atoms with Crippen LogP contribution in [0.3, 0.4) is 0 Å². The average Bonchev–Trinajstić information content (AvgIpc) is 2.70. The lowest BCUT2D eigenvalue weighted by Crippen LogP contribution is -2.45. The van der Waals surface area contributed by atoms with E-state index in [0.717, 1.165) is 26.1 Å². The molecule has 0 spiro atoms. The highest BCUT2D eigenvalue weighted by atomic mass is 16.5. The molecule has 1 rings (SSSR count). The summed E-state index contributed by atoms with van der Waals surface area (Å²) in [6.45, 7) is 5.19. The lowest BCUT2D eigenvalue weighted by atomic mass is 10.2. The van der Waals surface area contributed by atoms with Crippen LogP contribution < -0.4 is 11.1 Å². The number of likely N-dealkylation sites (tertiary alicyclic amines) is 1. The SMILES string of the molecule is COCCN1CCCC1CNC(=O)[C@@H](C)N. The standard InChI is InChI=1S/C11H23N3O2/c1-9(12)11(15)13-8-10-4-3-5-14(10)6-7-16-2/h9-10H,3-8,12H2,1-2H3,(H,13,15)/t9-,10?/m1/s1. The van der Waals surface area contributed by atoms with Crippen molar-refractivity contribution >= 4 is 5.91 Å². The van der Waals surface area contributed by atoms with E-state index in [2.05, 4.69) is 10.2 Å². The summed E-state index contributed by atoms with van der Waals surface area (Å²) in [6.07, 6.45) is 2.34. The fraction of sp³-hybridized carbons (Fsp3) is 0.909. The van der Waals surface area contributed by atoms with E-state index in [4.69, 9.17) is 10.5 Å². The normalized spacial score (nSPS) is 23.3. The number of methoxy groups -OCH3 is 1. The number of nitrogens with two attached hydrogens (primary N) is 1. The number of ether oxygens (including phenoxy) is 1. The van der Waals surface area contributed by atoms with Crippen molar-refractivity contribution in [3.8, 4) is 0 Å². The van der Waals surface area contributed by atoms with Crippen LogP contribution in [-0.2, 0) is 9.53 Å². The molecule has 16 heavy (non-hydrogen) atoms. The average molecular weight is 229 g/mol. The molecule has 1 aliphatic heterocycles. The zero-order valence-corrected chi connectivity index (χ0v) is 10.2. The molecular weight excluding hydrogens is 206 g/mol. The zero-order chi connectivity index (χ0) is 12.0. The molecule has 94 valence electrons. The molecular formula is C11H23N3O2. The highest BCUT2D eigenvalue weighted by Crippen LogP contribution is 2.15. The van der Waals surface area contributed by atoms with Crippen LogP contribution in [0.1, 0.15) is 19.8 Å². The lowest BCUT2D eigenvalue weighted by molar-refractivity contribution is -0.122. The maximum Gasteiger partial charge on any atom is 0.236 e. The van der Waals surface area contributed by atoms with Crippen LogP contribution in [0.2, 0.25) is 0 Å². The summed E-state index contributed by atoms with van der Waals surface area (Å²) in [5.74, 6) is -0.0707. The van der Waals surface area contributed by atoms with Crippen molar-refractivity contribution < 1.29 is 9.53 Å². The number of nitrogens with zero attached hydrogens (tertiary/aromatic N) is 1. The van der Waals surface area contributed by atoms with E-state index in [0.29, 0.717) is 12.6 Å². The Morgan fingerprint density at radius 2 is 2.44 bits per heavy atom. The molecule has 0 bridgehead atoms. The van der Waals surface area contributed by atoms with Gasteiger partial charge in [-0.1, -0.05) is 0 Å². The predicted molar refractivity (Wildman–Crippen MR) is 63.1 cm³/mol. The van der Waals surface area contributed by atoms with Crippen LogP contribution in [0.25, 0.3) is 0 Å². The quantitative estimate of drug-likeness (QED) is 0.648. The van der Waals surface area contributed by atoms with Crippen molar-refractivity contribution in [3.63, 3.8) is 0 Å². The van der Waals surface area contributed by atoms with E-state index >= 15 is 0 Å². The Labute approximate surface area is 97.3 Å². The van der Waals surface area contributed by atoms with Gasteiger partial charge in [0, 0.05) is 26.2 Å². The number of nitrogens with one attached hydrogen (secondary N) is 1. The van der Waals surface area contributed by atoms with Crippen molar-refractivity contribution in [2.24, 2.45) is 5.73 Å². The number of carbonyl (C=O) groups excluding carboxylic acids is 1. The summed E-state index contributed by atoms with van der Waals surface area (Å²) in [5, 5.41) is 2.88. The maximum absolute atomic E-state index is 11.3. The maximum atomic E-state index is 11.3. The van der Waals surface area contributed by atoms with Gasteiger partial charge in [0.1, 0.15) is 0 Å². The monoisotopic (exact) mass is 229 g/mol. The van der Waals surface area contributed by atoms with Crippen LogP contribution >= 0.6 is 0 Å². The highest BCUT2D eigenvalue weighted by molar-refractivity contribution is 5.80. The molecule has 3 N–H and O–H groups in total. The number of carbonyl (C=O) groups is 1. The minimum Gasteiger partial charge on any atom is -0.383 e. The van der Waals surface area contributed by atoms with E-state index in [1.54, 1.807) is 14.0 Å². The minimum absolute atomic E-state index is 0.0707. The van der Waals surface area contributed by atoms with E-state index < -0.39 is 6.04 Å². The van der Waals surface area contributed by atoms with E-state index in [1.807, 2.05) is 0 Å². The molecule has 5 heteroatoms. The molecule has 1 aliphatic rings. The molecule has 0 saturated carbocycles. The first-order valence-corrected chi connectivity index (χ1v) is 5.91. The minimum atomic E-state index is -0.422. The van der Waals surface area contributed by atoms with Gasteiger partial charge in [0.15, 0.2) is 0 Å². The van der Waals surface area contributed by atoms with Crippen LogP contribution in [0, 0.1) is 0 Å². The Kier molecular flexibility index (Phi) is 5.73. The molecule has 5 nitrogen and oxygen atoms in total. The van der Waals surface area contributed by atoms with Gasteiger partial charge in [-0.25, -0.2) is 0 Å². The van der Waals surface area contributed by atoms with E-state index in [9.17, 15) is 4.79 Å². The van der Waals surface area contributed by atoms with Gasteiger partial charge in [-0.2, -0.15) is 0 Å². The van der Waals surface area contributed by atoms with Gasteiger partial charge < -0.3 is 15.8 Å². The summed E-state index contributed by atoms with van der Waals surface area (Å²) >= 11 is 0. The first-order valence-electron chi connectivity index (χ1n) is 5.91. The predicted octanol–water partition coefficient (Wildman–Crippen LogP) is -0.439. The van der Waals surface area contributed by atoms with Crippen molar-refractivity contribution in [1.29, 1.82) is 0 Å². The molecule has 1 unspecified atom stereocenters. The molecule has 0 aromatic carbocycles. The molecule has 0 aromatic heterocycles. The molecule has 1 saturated heterocycles. The van der Waals surface area contributed by atoms with E-state index in [-0.39, 0.29) is 5.91 Å². The number of hydrogen-bond donors (Lipinski definition) is 2. The van der Waals surface area contributed by atoms with Crippen LogP contribution in [0.15, 0.2) is 0 Å². The van der Waals surface area contributed by atoms with Gasteiger partial charge >= 0.3 is 0 Å². The second kappa shape index (κ2) is 6.83. The summed E-state index contributed by atoms with van der Waals surface area (Å²) in [6, 6.07) is 0.0201. The number of amides is 1. The second-order valence-electron chi connectivity index (χ2n) is 4.36. The van der Waals surface area contributed by atoms with Crippen molar-refractivity contribution in [2.75, 3.05) is 33.4 Å². The molecule has 1 heterocycles. The molecule has 1 fully saturated rings. The third-order valence-electron chi connectivity index (χ3n) is 3.01. The van der Waals surface area contributed by atoms with Crippen molar-refractivity contribution in [3.05, 3.63) is 0 Å². The fourth-order valence-electron chi connectivity index (χ4n) is 2.01. The number of rotatable bonds is 6. The molecule has 1 amide bonds. The Hall–Kier alpha value is -0.650. The summed E-state index contributed by atoms with van der Waals surface area (Å²) < 4.78 is 5.07. The van der Waals surface area contributed by atoms with Crippen LogP contribution in [0.4, 0.5) is 0 Å². The Bertz CT molecular complexity index is 221. The third-order valence-corrected chi connectivity index (χ3v) is 3.01. The van der Waals surface area contributed by atoms with Gasteiger partial charge in [0.2, 0.25) is 5.91 Å². The number of hydrogen-bond acceptors (Lipinski definition) is 4. The van der Waals surface area contributed by atoms with Gasteiger partial charge in [0.05, 0.1) is 12.6 Å².